The Labute approximate surface area is 134 Å². The Morgan fingerprint density at radius 2 is 2.04 bits per heavy atom. The number of hydrogen-bond acceptors (Lipinski definition) is 4. The van der Waals surface area contributed by atoms with Gasteiger partial charge in [0.05, 0.1) is 11.5 Å². The average Bonchev–Trinajstić information content (AvgIpc) is 2.84. The van der Waals surface area contributed by atoms with Crippen molar-refractivity contribution in [1.29, 1.82) is 0 Å². The number of piperidine rings is 1. The second-order valence-corrected chi connectivity index (χ2v) is 6.59. The third-order valence-electron chi connectivity index (χ3n) is 5.01. The highest BCUT2D eigenvalue weighted by Gasteiger charge is 2.36. The number of furan rings is 1. The van der Waals surface area contributed by atoms with E-state index in [1.54, 1.807) is 11.8 Å². The molecule has 1 saturated heterocycles. The van der Waals surface area contributed by atoms with Crippen molar-refractivity contribution < 1.29 is 23.9 Å². The van der Waals surface area contributed by atoms with Crippen LogP contribution in [0.3, 0.4) is 0 Å². The molecule has 1 aromatic heterocycles. The maximum atomic E-state index is 12.7. The van der Waals surface area contributed by atoms with Gasteiger partial charge in [-0.05, 0) is 25.7 Å². The number of carboxylic acid groups (broad SMARTS) is 1. The lowest BCUT2D eigenvalue weighted by atomic mass is 9.87. The number of ketones is 1. The van der Waals surface area contributed by atoms with Crippen LogP contribution in [0.15, 0.2) is 4.42 Å². The van der Waals surface area contributed by atoms with Gasteiger partial charge in [0.1, 0.15) is 5.76 Å². The molecule has 2 heterocycles. The Bertz CT molecular complexity index is 675. The number of nitrogens with zero attached hydrogens (tertiary/aromatic N) is 1. The van der Waals surface area contributed by atoms with E-state index in [2.05, 4.69) is 0 Å². The quantitative estimate of drug-likeness (QED) is 0.903. The van der Waals surface area contributed by atoms with Gasteiger partial charge >= 0.3 is 5.97 Å². The molecule has 0 bridgehead atoms. The number of aryl methyl sites for hydroxylation is 1. The highest BCUT2D eigenvalue weighted by Crippen LogP contribution is 2.31. The minimum Gasteiger partial charge on any atom is -0.481 e. The summed E-state index contributed by atoms with van der Waals surface area (Å²) >= 11 is 0. The Hall–Kier alpha value is -2.11. The van der Waals surface area contributed by atoms with E-state index in [1.165, 1.54) is 0 Å². The molecule has 6 heteroatoms. The lowest BCUT2D eigenvalue weighted by molar-refractivity contribution is -0.145. The van der Waals surface area contributed by atoms with E-state index < -0.39 is 11.9 Å². The molecule has 0 spiro atoms. The van der Waals surface area contributed by atoms with Gasteiger partial charge in [0.15, 0.2) is 11.5 Å². The number of Topliss-reactive ketones (excluding diaryl/α,β-unsaturated/α-hetero) is 1. The van der Waals surface area contributed by atoms with Crippen LogP contribution in [0.4, 0.5) is 0 Å². The fourth-order valence-electron chi connectivity index (χ4n) is 3.69. The monoisotopic (exact) mass is 319 g/mol. The van der Waals surface area contributed by atoms with Crippen molar-refractivity contribution in [1.82, 2.24) is 4.90 Å². The molecule has 23 heavy (non-hydrogen) atoms. The molecule has 2 atom stereocenters. The van der Waals surface area contributed by atoms with E-state index in [-0.39, 0.29) is 23.4 Å². The number of likely N-dealkylation sites (tertiary alicyclic amines) is 1. The number of rotatable bonds is 2. The van der Waals surface area contributed by atoms with Gasteiger partial charge in [0, 0.05) is 31.5 Å². The fourth-order valence-corrected chi connectivity index (χ4v) is 3.69. The molecule has 1 N–H and O–H groups in total. The topological polar surface area (TPSA) is 87.8 Å². The van der Waals surface area contributed by atoms with Gasteiger partial charge in [-0.15, -0.1) is 0 Å². The first kappa shape index (κ1) is 15.8. The average molecular weight is 319 g/mol. The molecule has 124 valence electrons. The number of carbonyl (C=O) groups is 3. The maximum Gasteiger partial charge on any atom is 0.306 e. The zero-order chi connectivity index (χ0) is 16.7. The molecule has 0 radical (unpaired) electrons. The highest BCUT2D eigenvalue weighted by atomic mass is 16.4. The Morgan fingerprint density at radius 1 is 1.30 bits per heavy atom. The number of aliphatic carboxylic acids is 1. The first-order valence-corrected chi connectivity index (χ1v) is 8.07. The van der Waals surface area contributed by atoms with E-state index >= 15 is 0 Å². The largest absolute Gasteiger partial charge is 0.481 e. The summed E-state index contributed by atoms with van der Waals surface area (Å²) in [7, 11) is 0. The zero-order valence-corrected chi connectivity index (χ0v) is 13.4. The Balaban J connectivity index is 1.82. The number of hydrogen-bond donors (Lipinski definition) is 1. The molecule has 1 aliphatic carbocycles. The van der Waals surface area contributed by atoms with Crippen LogP contribution >= 0.6 is 0 Å². The lowest BCUT2D eigenvalue weighted by Gasteiger charge is -2.34. The van der Waals surface area contributed by atoms with Crippen LogP contribution in [-0.2, 0) is 11.2 Å². The summed E-state index contributed by atoms with van der Waals surface area (Å²) in [4.78, 5) is 37.6. The van der Waals surface area contributed by atoms with Gasteiger partial charge in [-0.2, -0.15) is 0 Å². The third kappa shape index (κ3) is 2.66. The van der Waals surface area contributed by atoms with Crippen molar-refractivity contribution in [3.05, 3.63) is 22.6 Å². The predicted octanol–water partition coefficient (Wildman–Crippen LogP) is 2.29. The van der Waals surface area contributed by atoms with Gasteiger partial charge < -0.3 is 14.4 Å². The number of amides is 1. The third-order valence-corrected chi connectivity index (χ3v) is 5.01. The van der Waals surface area contributed by atoms with E-state index in [0.29, 0.717) is 49.2 Å². The molecule has 1 fully saturated rings. The first-order valence-electron chi connectivity index (χ1n) is 8.07. The van der Waals surface area contributed by atoms with Crippen LogP contribution in [0.1, 0.15) is 58.4 Å². The molecule has 2 unspecified atom stereocenters. The molecule has 1 aromatic rings. The summed E-state index contributed by atoms with van der Waals surface area (Å²) < 4.78 is 5.70. The van der Waals surface area contributed by atoms with E-state index in [4.69, 9.17) is 4.42 Å². The second kappa shape index (κ2) is 5.83. The van der Waals surface area contributed by atoms with Crippen LogP contribution in [0.25, 0.3) is 0 Å². The summed E-state index contributed by atoms with van der Waals surface area (Å²) in [5.74, 6) is -0.644. The number of carbonyl (C=O) groups excluding carboxylic acids is 2. The van der Waals surface area contributed by atoms with Crippen molar-refractivity contribution in [3.8, 4) is 0 Å². The van der Waals surface area contributed by atoms with Crippen LogP contribution in [0, 0.1) is 18.8 Å². The molecular formula is C17H21NO5. The van der Waals surface area contributed by atoms with Gasteiger partial charge in [0.2, 0.25) is 0 Å². The maximum absolute atomic E-state index is 12.7. The molecule has 0 aromatic carbocycles. The van der Waals surface area contributed by atoms with E-state index in [9.17, 15) is 19.5 Å². The zero-order valence-electron chi connectivity index (χ0n) is 13.4. The Kier molecular flexibility index (Phi) is 4.00. The van der Waals surface area contributed by atoms with Crippen molar-refractivity contribution in [2.75, 3.05) is 13.1 Å². The summed E-state index contributed by atoms with van der Waals surface area (Å²) in [6.45, 7) is 4.40. The predicted molar refractivity (Wildman–Crippen MR) is 81.5 cm³/mol. The number of fused-ring (bicyclic) bond motifs is 1. The normalized spacial score (nSPS) is 24.4. The second-order valence-electron chi connectivity index (χ2n) is 6.59. The van der Waals surface area contributed by atoms with Gasteiger partial charge in [-0.25, -0.2) is 0 Å². The SMILES string of the molecule is Cc1c(C(=O)N2CCC(C(=O)O)C(C)C2)oc2c1C(=O)CCC2. The standard InChI is InChI=1S/C17H21NO5/c1-9-8-18(7-6-11(9)17(21)22)16(20)15-10(2)14-12(19)4-3-5-13(14)23-15/h9,11H,3-8H2,1-2H3,(H,21,22). The summed E-state index contributed by atoms with van der Waals surface area (Å²) in [5, 5.41) is 9.17. The smallest absolute Gasteiger partial charge is 0.306 e. The van der Waals surface area contributed by atoms with Crippen molar-refractivity contribution >= 4 is 17.7 Å². The van der Waals surface area contributed by atoms with Crippen LogP contribution < -0.4 is 0 Å². The summed E-state index contributed by atoms with van der Waals surface area (Å²) in [6, 6.07) is 0. The van der Waals surface area contributed by atoms with E-state index in [0.717, 1.165) is 6.42 Å². The summed E-state index contributed by atoms with van der Waals surface area (Å²) in [5.41, 5.74) is 1.20. The molecule has 2 aliphatic rings. The van der Waals surface area contributed by atoms with Crippen LogP contribution in [-0.4, -0.2) is 40.8 Å². The lowest BCUT2D eigenvalue weighted by Crippen LogP contribution is -2.45. The van der Waals surface area contributed by atoms with Gasteiger partial charge in [-0.3, -0.25) is 14.4 Å². The molecule has 6 nitrogen and oxygen atoms in total. The van der Waals surface area contributed by atoms with Crippen molar-refractivity contribution in [3.63, 3.8) is 0 Å². The molecule has 3 rings (SSSR count). The number of carboxylic acids is 1. The summed E-state index contributed by atoms with van der Waals surface area (Å²) in [6.07, 6.45) is 2.39. The van der Waals surface area contributed by atoms with Gasteiger partial charge in [0.25, 0.3) is 5.91 Å². The molecule has 0 saturated carbocycles. The molecule has 1 amide bonds. The first-order chi connectivity index (χ1) is 10.9. The van der Waals surface area contributed by atoms with Crippen molar-refractivity contribution in [2.24, 2.45) is 11.8 Å². The van der Waals surface area contributed by atoms with E-state index in [1.807, 2.05) is 6.92 Å². The molecular weight excluding hydrogens is 298 g/mol. The minimum atomic E-state index is -0.806. The van der Waals surface area contributed by atoms with Gasteiger partial charge in [-0.1, -0.05) is 6.92 Å². The molecule has 1 aliphatic heterocycles. The van der Waals surface area contributed by atoms with Crippen LogP contribution in [0.2, 0.25) is 0 Å². The van der Waals surface area contributed by atoms with Crippen molar-refractivity contribution in [2.45, 2.75) is 39.5 Å². The fraction of sp³-hybridized carbons (Fsp3) is 0.588. The minimum absolute atomic E-state index is 0.0458. The Morgan fingerprint density at radius 3 is 2.65 bits per heavy atom. The van der Waals surface area contributed by atoms with Crippen LogP contribution in [0.5, 0.6) is 0 Å². The highest BCUT2D eigenvalue weighted by molar-refractivity contribution is 6.03.